The van der Waals surface area contributed by atoms with Crippen molar-refractivity contribution in [1.82, 2.24) is 24.7 Å². The molecule has 0 radical (unpaired) electrons. The molecule has 4 rings (SSSR count). The van der Waals surface area contributed by atoms with Crippen LogP contribution in [0.4, 0.5) is 0 Å². The van der Waals surface area contributed by atoms with Crippen LogP contribution in [0.2, 0.25) is 0 Å². The molecule has 10 heteroatoms. The molecule has 0 spiro atoms. The SMILES string of the molecule is Cc1c(-c2noc(-c3cccnc3Oc3ccc(Br)cc3)n2)c(=O)[nH]c(=O)n1C. The van der Waals surface area contributed by atoms with Crippen molar-refractivity contribution in [2.75, 3.05) is 0 Å². The smallest absolute Gasteiger partial charge is 0.328 e. The first-order valence-corrected chi connectivity index (χ1v) is 9.26. The molecule has 0 amide bonds. The number of hydrogen-bond acceptors (Lipinski definition) is 7. The average Bonchev–Trinajstić information content (AvgIpc) is 3.18. The Kier molecular flexibility index (Phi) is 4.85. The highest BCUT2D eigenvalue weighted by atomic mass is 79.9. The number of ether oxygens (including phenoxy) is 1. The van der Waals surface area contributed by atoms with E-state index in [2.05, 4.69) is 36.0 Å². The van der Waals surface area contributed by atoms with E-state index in [4.69, 9.17) is 9.26 Å². The Bertz CT molecular complexity index is 1310. The summed E-state index contributed by atoms with van der Waals surface area (Å²) in [6, 6.07) is 10.7. The van der Waals surface area contributed by atoms with Crippen LogP contribution in [0.5, 0.6) is 11.6 Å². The number of pyridine rings is 1. The molecule has 0 atom stereocenters. The summed E-state index contributed by atoms with van der Waals surface area (Å²) in [5.41, 5.74) is -0.0639. The lowest BCUT2D eigenvalue weighted by molar-refractivity contribution is 0.424. The summed E-state index contributed by atoms with van der Waals surface area (Å²) in [4.78, 5) is 34.8. The van der Waals surface area contributed by atoms with Gasteiger partial charge in [0.2, 0.25) is 11.7 Å². The molecule has 29 heavy (non-hydrogen) atoms. The molecule has 1 N–H and O–H groups in total. The molecule has 0 aliphatic carbocycles. The zero-order valence-electron chi connectivity index (χ0n) is 15.3. The lowest BCUT2D eigenvalue weighted by atomic mass is 10.2. The highest BCUT2D eigenvalue weighted by Gasteiger charge is 2.20. The number of nitrogens with one attached hydrogen (secondary N) is 1. The van der Waals surface area contributed by atoms with Crippen molar-refractivity contribution in [2.45, 2.75) is 6.92 Å². The van der Waals surface area contributed by atoms with Crippen molar-refractivity contribution in [3.63, 3.8) is 0 Å². The minimum absolute atomic E-state index is 0.0628. The van der Waals surface area contributed by atoms with E-state index in [0.29, 0.717) is 17.0 Å². The third-order valence-corrected chi connectivity index (χ3v) is 4.83. The molecular weight excluding hydrogens is 442 g/mol. The fraction of sp³-hybridized carbons (Fsp3) is 0.105. The van der Waals surface area contributed by atoms with Crippen LogP contribution in [0.15, 0.2) is 61.2 Å². The van der Waals surface area contributed by atoms with Crippen LogP contribution in [0.25, 0.3) is 22.8 Å². The first-order chi connectivity index (χ1) is 13.9. The van der Waals surface area contributed by atoms with Gasteiger partial charge in [-0.05, 0) is 43.3 Å². The summed E-state index contributed by atoms with van der Waals surface area (Å²) in [6.07, 6.45) is 1.58. The fourth-order valence-electron chi connectivity index (χ4n) is 2.67. The Balaban J connectivity index is 1.75. The Morgan fingerprint density at radius 1 is 1.17 bits per heavy atom. The van der Waals surface area contributed by atoms with E-state index >= 15 is 0 Å². The third-order valence-electron chi connectivity index (χ3n) is 4.30. The summed E-state index contributed by atoms with van der Waals surface area (Å²) in [5.74, 6) is 1.05. The van der Waals surface area contributed by atoms with Gasteiger partial charge >= 0.3 is 5.69 Å². The molecule has 3 aromatic heterocycles. The first-order valence-electron chi connectivity index (χ1n) is 8.47. The van der Waals surface area contributed by atoms with E-state index in [1.54, 1.807) is 44.4 Å². The van der Waals surface area contributed by atoms with E-state index in [1.165, 1.54) is 4.57 Å². The van der Waals surface area contributed by atoms with Gasteiger partial charge in [-0.3, -0.25) is 9.78 Å². The maximum atomic E-state index is 12.3. The zero-order valence-corrected chi connectivity index (χ0v) is 16.9. The predicted molar refractivity (Wildman–Crippen MR) is 108 cm³/mol. The van der Waals surface area contributed by atoms with Gasteiger partial charge in [0.05, 0.1) is 0 Å². The van der Waals surface area contributed by atoms with Gasteiger partial charge in [-0.15, -0.1) is 0 Å². The van der Waals surface area contributed by atoms with Gasteiger partial charge in [0.25, 0.3) is 11.4 Å². The molecule has 3 heterocycles. The van der Waals surface area contributed by atoms with Crippen LogP contribution in [0.3, 0.4) is 0 Å². The second-order valence-corrected chi connectivity index (χ2v) is 7.03. The Hall–Kier alpha value is -3.53. The molecular formula is C19H14BrN5O4. The second-order valence-electron chi connectivity index (χ2n) is 6.11. The van der Waals surface area contributed by atoms with Gasteiger partial charge in [0.15, 0.2) is 0 Å². The summed E-state index contributed by atoms with van der Waals surface area (Å²) >= 11 is 3.37. The summed E-state index contributed by atoms with van der Waals surface area (Å²) in [6.45, 7) is 1.63. The Morgan fingerprint density at radius 3 is 2.69 bits per heavy atom. The molecule has 0 saturated heterocycles. The van der Waals surface area contributed by atoms with Gasteiger partial charge in [-0.2, -0.15) is 4.98 Å². The fourth-order valence-corrected chi connectivity index (χ4v) is 2.94. The number of benzene rings is 1. The van der Waals surface area contributed by atoms with E-state index in [-0.39, 0.29) is 23.2 Å². The van der Waals surface area contributed by atoms with Crippen molar-refractivity contribution in [3.8, 4) is 34.5 Å². The number of rotatable bonds is 4. The molecule has 4 aromatic rings. The minimum atomic E-state index is -0.588. The van der Waals surface area contributed by atoms with E-state index < -0.39 is 11.2 Å². The first kappa shape index (κ1) is 18.8. The van der Waals surface area contributed by atoms with Crippen LogP contribution in [0, 0.1) is 6.92 Å². The summed E-state index contributed by atoms with van der Waals surface area (Å²) in [5, 5.41) is 3.90. The molecule has 0 aliphatic heterocycles. The number of H-pyrrole nitrogens is 1. The molecule has 0 unspecified atom stereocenters. The highest BCUT2D eigenvalue weighted by Crippen LogP contribution is 2.31. The zero-order chi connectivity index (χ0) is 20.5. The minimum Gasteiger partial charge on any atom is -0.438 e. The second kappa shape index (κ2) is 7.47. The number of aromatic amines is 1. The maximum absolute atomic E-state index is 12.3. The van der Waals surface area contributed by atoms with Gasteiger partial charge < -0.3 is 13.8 Å². The van der Waals surface area contributed by atoms with Gasteiger partial charge in [0.1, 0.15) is 16.9 Å². The number of hydrogen-bond donors (Lipinski definition) is 1. The molecule has 1 aromatic carbocycles. The highest BCUT2D eigenvalue weighted by molar-refractivity contribution is 9.10. The van der Waals surface area contributed by atoms with Crippen LogP contribution in [-0.4, -0.2) is 24.7 Å². The van der Waals surface area contributed by atoms with E-state index in [0.717, 1.165) is 4.47 Å². The average molecular weight is 456 g/mol. The van der Waals surface area contributed by atoms with Crippen molar-refractivity contribution in [2.24, 2.45) is 7.05 Å². The number of halogens is 1. The quantitative estimate of drug-likeness (QED) is 0.502. The maximum Gasteiger partial charge on any atom is 0.328 e. The van der Waals surface area contributed by atoms with Crippen LogP contribution in [0.1, 0.15) is 5.69 Å². The third kappa shape index (κ3) is 3.61. The van der Waals surface area contributed by atoms with E-state index in [9.17, 15) is 9.59 Å². The number of nitrogens with zero attached hydrogens (tertiary/aromatic N) is 4. The monoisotopic (exact) mass is 455 g/mol. The van der Waals surface area contributed by atoms with Crippen molar-refractivity contribution < 1.29 is 9.26 Å². The molecule has 0 saturated carbocycles. The molecule has 0 fully saturated rings. The Labute approximate surface area is 172 Å². The predicted octanol–water partition coefficient (Wildman–Crippen LogP) is 3.05. The lowest BCUT2D eigenvalue weighted by Gasteiger charge is -2.07. The van der Waals surface area contributed by atoms with Crippen molar-refractivity contribution >= 4 is 15.9 Å². The molecule has 0 bridgehead atoms. The topological polar surface area (TPSA) is 116 Å². The van der Waals surface area contributed by atoms with Crippen LogP contribution < -0.4 is 16.0 Å². The molecule has 146 valence electrons. The van der Waals surface area contributed by atoms with Crippen LogP contribution >= 0.6 is 15.9 Å². The van der Waals surface area contributed by atoms with Crippen LogP contribution in [-0.2, 0) is 7.05 Å². The van der Waals surface area contributed by atoms with Gasteiger partial charge in [0, 0.05) is 23.4 Å². The van der Waals surface area contributed by atoms with Gasteiger partial charge in [-0.25, -0.2) is 9.78 Å². The van der Waals surface area contributed by atoms with Crippen molar-refractivity contribution in [3.05, 3.63) is 73.6 Å². The summed E-state index contributed by atoms with van der Waals surface area (Å²) < 4.78 is 13.4. The summed E-state index contributed by atoms with van der Waals surface area (Å²) in [7, 11) is 1.55. The number of aromatic nitrogens is 5. The van der Waals surface area contributed by atoms with Crippen molar-refractivity contribution in [1.29, 1.82) is 0 Å². The largest absolute Gasteiger partial charge is 0.438 e. The Morgan fingerprint density at radius 2 is 1.93 bits per heavy atom. The van der Waals surface area contributed by atoms with Gasteiger partial charge in [-0.1, -0.05) is 21.1 Å². The molecule has 0 aliphatic rings. The molecule has 9 nitrogen and oxygen atoms in total. The standard InChI is InChI=1S/C19H14BrN5O4/c1-10-14(16(26)23-19(27)25(10)2)15-22-18(29-24-15)13-4-3-9-21-17(13)28-12-7-5-11(20)6-8-12/h3-9H,1-2H3,(H,23,26,27). The van der Waals surface area contributed by atoms with E-state index in [1.807, 2.05) is 12.1 Å². The normalized spacial score (nSPS) is 10.9. The lowest BCUT2D eigenvalue weighted by Crippen LogP contribution is -2.31.